The molecular formula is C13H22N2O4. The van der Waals surface area contributed by atoms with Gasteiger partial charge in [0.1, 0.15) is 6.04 Å². The molecule has 0 aromatic heterocycles. The second-order valence-electron chi connectivity index (χ2n) is 5.35. The number of ether oxygens (including phenoxy) is 1. The number of hydrogen-bond acceptors (Lipinski definition) is 4. The van der Waals surface area contributed by atoms with Crippen LogP contribution in [0.4, 0.5) is 0 Å². The van der Waals surface area contributed by atoms with E-state index in [2.05, 4.69) is 10.2 Å². The predicted molar refractivity (Wildman–Crippen MR) is 68.8 cm³/mol. The number of nitrogens with one attached hydrogen (secondary N) is 1. The summed E-state index contributed by atoms with van der Waals surface area (Å²) < 4.78 is 5.76. The molecule has 108 valence electrons. The van der Waals surface area contributed by atoms with Crippen molar-refractivity contribution in [3.63, 3.8) is 0 Å². The van der Waals surface area contributed by atoms with Crippen LogP contribution in [-0.2, 0) is 14.3 Å². The summed E-state index contributed by atoms with van der Waals surface area (Å²) in [5.41, 5.74) is 0. The van der Waals surface area contributed by atoms with Gasteiger partial charge in [-0.1, -0.05) is 12.8 Å². The van der Waals surface area contributed by atoms with Crippen LogP contribution in [0.15, 0.2) is 0 Å². The van der Waals surface area contributed by atoms with E-state index in [0.717, 1.165) is 19.4 Å². The summed E-state index contributed by atoms with van der Waals surface area (Å²) in [6, 6.07) is -0.531. The number of carboxylic acids is 1. The lowest BCUT2D eigenvalue weighted by atomic mass is 9.90. The van der Waals surface area contributed by atoms with E-state index in [-0.39, 0.29) is 12.0 Å². The van der Waals surface area contributed by atoms with E-state index in [9.17, 15) is 14.7 Å². The van der Waals surface area contributed by atoms with Gasteiger partial charge in [-0.15, -0.1) is 0 Å². The predicted octanol–water partition coefficient (Wildman–Crippen LogP) is 0.219. The topological polar surface area (TPSA) is 78.9 Å². The standard InChI is InChI=1S/C13H22N2O4/c1-9(16)14-10(13(17)18)8-15-6-7-19-12-5-3-2-4-11(12)15/h10-12H,2-8H2,1H3,(H,14,16)(H,17,18). The van der Waals surface area contributed by atoms with Gasteiger partial charge in [-0.3, -0.25) is 9.69 Å². The number of nitrogens with zero attached hydrogens (tertiary/aromatic N) is 1. The molecule has 0 radical (unpaired) electrons. The Bertz CT molecular complexity index is 346. The largest absolute Gasteiger partial charge is 0.480 e. The van der Waals surface area contributed by atoms with Gasteiger partial charge in [-0.25, -0.2) is 4.79 Å². The molecule has 2 aliphatic rings. The minimum Gasteiger partial charge on any atom is -0.480 e. The van der Waals surface area contributed by atoms with Crippen LogP contribution in [0.25, 0.3) is 0 Å². The maximum Gasteiger partial charge on any atom is 0.327 e. The smallest absolute Gasteiger partial charge is 0.327 e. The molecule has 6 nitrogen and oxygen atoms in total. The number of hydrogen-bond donors (Lipinski definition) is 2. The number of fused-ring (bicyclic) bond motifs is 1. The maximum atomic E-state index is 11.2. The molecule has 2 N–H and O–H groups in total. The van der Waals surface area contributed by atoms with Crippen molar-refractivity contribution in [3.05, 3.63) is 0 Å². The molecule has 2 fully saturated rings. The molecule has 0 bridgehead atoms. The van der Waals surface area contributed by atoms with Crippen LogP contribution in [0.3, 0.4) is 0 Å². The Morgan fingerprint density at radius 2 is 2.16 bits per heavy atom. The summed E-state index contributed by atoms with van der Waals surface area (Å²) in [7, 11) is 0. The van der Waals surface area contributed by atoms with E-state index in [1.807, 2.05) is 0 Å². The number of carbonyl (C=O) groups is 2. The molecule has 1 saturated carbocycles. The number of morpholine rings is 1. The van der Waals surface area contributed by atoms with Crippen molar-refractivity contribution >= 4 is 11.9 Å². The summed E-state index contributed by atoms with van der Waals surface area (Å²) in [4.78, 5) is 24.4. The van der Waals surface area contributed by atoms with Gasteiger partial charge < -0.3 is 15.2 Å². The summed E-state index contributed by atoms with van der Waals surface area (Å²) >= 11 is 0. The highest BCUT2D eigenvalue weighted by atomic mass is 16.5. The number of aliphatic carboxylic acids is 1. The van der Waals surface area contributed by atoms with E-state index in [1.165, 1.54) is 19.8 Å². The third-order valence-electron chi connectivity index (χ3n) is 3.94. The van der Waals surface area contributed by atoms with Gasteiger partial charge >= 0.3 is 5.97 Å². The maximum absolute atomic E-state index is 11.2. The number of carboxylic acid groups (broad SMARTS) is 1. The van der Waals surface area contributed by atoms with Crippen molar-refractivity contribution in [2.45, 2.75) is 50.8 Å². The Balaban J connectivity index is 1.98. The second kappa shape index (κ2) is 6.34. The molecule has 0 spiro atoms. The minimum atomic E-state index is -0.978. The highest BCUT2D eigenvalue weighted by Gasteiger charge is 2.36. The van der Waals surface area contributed by atoms with Crippen LogP contribution in [0.1, 0.15) is 32.6 Å². The number of rotatable bonds is 4. The van der Waals surface area contributed by atoms with E-state index in [0.29, 0.717) is 19.2 Å². The first-order valence-corrected chi connectivity index (χ1v) is 6.93. The molecule has 0 aromatic rings. The van der Waals surface area contributed by atoms with Gasteiger partial charge in [0.2, 0.25) is 5.91 Å². The van der Waals surface area contributed by atoms with Crippen LogP contribution >= 0.6 is 0 Å². The lowest BCUT2D eigenvalue weighted by molar-refractivity contribution is -0.144. The van der Waals surface area contributed by atoms with Crippen molar-refractivity contribution < 1.29 is 19.4 Å². The van der Waals surface area contributed by atoms with Gasteiger partial charge in [0.15, 0.2) is 0 Å². The molecule has 6 heteroatoms. The molecule has 0 aromatic carbocycles. The van der Waals surface area contributed by atoms with E-state index in [1.54, 1.807) is 0 Å². The highest BCUT2D eigenvalue weighted by Crippen LogP contribution is 2.28. The van der Waals surface area contributed by atoms with Crippen molar-refractivity contribution in [1.29, 1.82) is 0 Å². The number of amides is 1. The molecule has 3 unspecified atom stereocenters. The zero-order valence-corrected chi connectivity index (χ0v) is 11.3. The van der Waals surface area contributed by atoms with E-state index < -0.39 is 12.0 Å². The Morgan fingerprint density at radius 3 is 2.84 bits per heavy atom. The second-order valence-corrected chi connectivity index (χ2v) is 5.35. The van der Waals surface area contributed by atoms with Gasteiger partial charge in [0, 0.05) is 26.1 Å². The van der Waals surface area contributed by atoms with Crippen LogP contribution in [-0.4, -0.2) is 59.8 Å². The zero-order chi connectivity index (χ0) is 13.8. The Kier molecular flexibility index (Phi) is 4.76. The molecule has 2 rings (SSSR count). The monoisotopic (exact) mass is 270 g/mol. The molecule has 1 amide bonds. The Labute approximate surface area is 113 Å². The summed E-state index contributed by atoms with van der Waals surface area (Å²) in [6.07, 6.45) is 4.69. The quantitative estimate of drug-likeness (QED) is 0.764. The van der Waals surface area contributed by atoms with Gasteiger partial charge in [-0.2, -0.15) is 0 Å². The van der Waals surface area contributed by atoms with E-state index in [4.69, 9.17) is 4.74 Å². The number of carbonyl (C=O) groups excluding carboxylic acids is 1. The van der Waals surface area contributed by atoms with Crippen molar-refractivity contribution in [2.24, 2.45) is 0 Å². The fraction of sp³-hybridized carbons (Fsp3) is 0.846. The highest BCUT2D eigenvalue weighted by molar-refractivity contribution is 5.82. The van der Waals surface area contributed by atoms with E-state index >= 15 is 0 Å². The van der Waals surface area contributed by atoms with Crippen LogP contribution in [0.2, 0.25) is 0 Å². The normalized spacial score (nSPS) is 29.3. The lowest BCUT2D eigenvalue weighted by Gasteiger charge is -2.44. The van der Waals surface area contributed by atoms with Crippen LogP contribution in [0, 0.1) is 0 Å². The molecule has 3 atom stereocenters. The fourth-order valence-electron chi connectivity index (χ4n) is 3.07. The first-order valence-electron chi connectivity index (χ1n) is 6.93. The average molecular weight is 270 g/mol. The molecule has 19 heavy (non-hydrogen) atoms. The summed E-state index contributed by atoms with van der Waals surface area (Å²) in [6.45, 7) is 3.09. The molecule has 1 aliphatic heterocycles. The van der Waals surface area contributed by atoms with Gasteiger partial charge in [0.25, 0.3) is 0 Å². The van der Waals surface area contributed by atoms with Crippen LogP contribution in [0.5, 0.6) is 0 Å². The van der Waals surface area contributed by atoms with Crippen molar-refractivity contribution in [3.8, 4) is 0 Å². The van der Waals surface area contributed by atoms with Gasteiger partial charge in [0.05, 0.1) is 12.7 Å². The van der Waals surface area contributed by atoms with Crippen LogP contribution < -0.4 is 5.32 Å². The van der Waals surface area contributed by atoms with Gasteiger partial charge in [-0.05, 0) is 12.8 Å². The third kappa shape index (κ3) is 3.67. The minimum absolute atomic E-state index is 0.231. The average Bonchev–Trinajstić information content (AvgIpc) is 2.37. The van der Waals surface area contributed by atoms with Crippen molar-refractivity contribution in [2.75, 3.05) is 19.7 Å². The first kappa shape index (κ1) is 14.3. The van der Waals surface area contributed by atoms with Crippen molar-refractivity contribution in [1.82, 2.24) is 10.2 Å². The lowest BCUT2D eigenvalue weighted by Crippen LogP contribution is -2.57. The molecular weight excluding hydrogens is 248 g/mol. The Morgan fingerprint density at radius 1 is 1.42 bits per heavy atom. The molecule has 1 saturated heterocycles. The molecule has 1 heterocycles. The Hall–Kier alpha value is -1.14. The summed E-state index contributed by atoms with van der Waals surface area (Å²) in [5, 5.41) is 11.7. The first-order chi connectivity index (χ1) is 9.08. The zero-order valence-electron chi connectivity index (χ0n) is 11.3. The third-order valence-corrected chi connectivity index (χ3v) is 3.94. The SMILES string of the molecule is CC(=O)NC(CN1CCOC2CCCCC21)C(=O)O. The molecule has 1 aliphatic carbocycles. The fourth-order valence-corrected chi connectivity index (χ4v) is 3.07. The summed E-state index contributed by atoms with van der Waals surface area (Å²) in [5.74, 6) is -1.28.